The van der Waals surface area contributed by atoms with Crippen molar-refractivity contribution < 1.29 is 9.53 Å². The second kappa shape index (κ2) is 7.85. The minimum Gasteiger partial charge on any atom is -0.493 e. The van der Waals surface area contributed by atoms with Crippen molar-refractivity contribution in [2.75, 3.05) is 11.9 Å². The van der Waals surface area contributed by atoms with Gasteiger partial charge in [0.15, 0.2) is 0 Å². The monoisotopic (exact) mass is 355 g/mol. The summed E-state index contributed by atoms with van der Waals surface area (Å²) in [5, 5.41) is 3.32. The fraction of sp³-hybridized carbons (Fsp3) is 0.158. The van der Waals surface area contributed by atoms with Crippen LogP contribution in [0.5, 0.6) is 5.75 Å². The molecule has 0 radical (unpaired) electrons. The van der Waals surface area contributed by atoms with Gasteiger partial charge < -0.3 is 15.0 Å². The SMILES string of the molecule is CC(=O)Nc1ccc(CCOc2ccccc2-c2c[nH]cn2)c(Cl)c1. The zero-order chi connectivity index (χ0) is 17.6. The highest BCUT2D eigenvalue weighted by Crippen LogP contribution is 2.28. The van der Waals surface area contributed by atoms with E-state index < -0.39 is 0 Å². The molecule has 128 valence electrons. The Morgan fingerprint density at radius 3 is 2.84 bits per heavy atom. The summed E-state index contributed by atoms with van der Waals surface area (Å²) in [6.07, 6.45) is 4.14. The van der Waals surface area contributed by atoms with E-state index in [9.17, 15) is 4.79 Å². The van der Waals surface area contributed by atoms with Gasteiger partial charge in [0, 0.05) is 35.8 Å². The molecule has 5 nitrogen and oxygen atoms in total. The molecule has 0 unspecified atom stereocenters. The fourth-order valence-corrected chi connectivity index (χ4v) is 2.79. The number of para-hydroxylation sites is 1. The number of nitrogens with one attached hydrogen (secondary N) is 2. The van der Waals surface area contributed by atoms with Gasteiger partial charge in [-0.2, -0.15) is 0 Å². The topological polar surface area (TPSA) is 67.0 Å². The van der Waals surface area contributed by atoms with Gasteiger partial charge in [0.25, 0.3) is 0 Å². The molecule has 0 bridgehead atoms. The third-order valence-corrected chi connectivity index (χ3v) is 4.02. The lowest BCUT2D eigenvalue weighted by Gasteiger charge is -2.11. The largest absolute Gasteiger partial charge is 0.493 e. The number of aromatic amines is 1. The van der Waals surface area contributed by atoms with Gasteiger partial charge in [-0.1, -0.05) is 29.8 Å². The smallest absolute Gasteiger partial charge is 0.221 e. The molecule has 0 aliphatic rings. The quantitative estimate of drug-likeness (QED) is 0.692. The number of halogens is 1. The Morgan fingerprint density at radius 2 is 2.12 bits per heavy atom. The van der Waals surface area contributed by atoms with Crippen LogP contribution in [0, 0.1) is 0 Å². The van der Waals surface area contributed by atoms with E-state index in [4.69, 9.17) is 16.3 Å². The van der Waals surface area contributed by atoms with E-state index in [-0.39, 0.29) is 5.91 Å². The van der Waals surface area contributed by atoms with Crippen molar-refractivity contribution in [2.24, 2.45) is 0 Å². The Hall–Kier alpha value is -2.79. The summed E-state index contributed by atoms with van der Waals surface area (Å²) in [5.41, 5.74) is 3.43. The van der Waals surface area contributed by atoms with Gasteiger partial charge in [0.05, 0.1) is 18.6 Å². The first kappa shape index (κ1) is 17.0. The van der Waals surface area contributed by atoms with Crippen LogP contribution >= 0.6 is 11.6 Å². The highest BCUT2D eigenvalue weighted by molar-refractivity contribution is 6.31. The predicted molar refractivity (Wildman–Crippen MR) is 99.0 cm³/mol. The standard InChI is InChI=1S/C19H18ClN3O2/c1-13(24)23-15-7-6-14(17(20)10-15)8-9-25-19-5-3-2-4-16(19)18-11-21-12-22-18/h2-7,10-12H,8-9H2,1H3,(H,21,22)(H,23,24). The summed E-state index contributed by atoms with van der Waals surface area (Å²) in [5.74, 6) is 0.655. The maximum absolute atomic E-state index is 11.1. The number of hydrogen-bond acceptors (Lipinski definition) is 3. The van der Waals surface area contributed by atoms with E-state index in [1.54, 1.807) is 12.4 Å². The van der Waals surface area contributed by atoms with Crippen molar-refractivity contribution >= 4 is 23.2 Å². The Morgan fingerprint density at radius 1 is 1.28 bits per heavy atom. The summed E-state index contributed by atoms with van der Waals surface area (Å²) in [7, 11) is 0. The van der Waals surface area contributed by atoms with Crippen LogP contribution < -0.4 is 10.1 Å². The lowest BCUT2D eigenvalue weighted by Crippen LogP contribution is -2.06. The molecule has 0 saturated heterocycles. The number of rotatable bonds is 6. The third kappa shape index (κ3) is 4.39. The lowest BCUT2D eigenvalue weighted by molar-refractivity contribution is -0.114. The molecule has 3 aromatic rings. The summed E-state index contributed by atoms with van der Waals surface area (Å²) >= 11 is 6.29. The summed E-state index contributed by atoms with van der Waals surface area (Å²) in [6.45, 7) is 1.95. The van der Waals surface area contributed by atoms with Crippen molar-refractivity contribution in [3.63, 3.8) is 0 Å². The van der Waals surface area contributed by atoms with Crippen molar-refractivity contribution in [1.82, 2.24) is 9.97 Å². The lowest BCUT2D eigenvalue weighted by atomic mass is 10.1. The van der Waals surface area contributed by atoms with E-state index in [1.165, 1.54) is 6.92 Å². The van der Waals surface area contributed by atoms with Crippen molar-refractivity contribution in [3.05, 3.63) is 65.6 Å². The molecule has 25 heavy (non-hydrogen) atoms. The van der Waals surface area contributed by atoms with Gasteiger partial charge in [0.1, 0.15) is 5.75 Å². The van der Waals surface area contributed by atoms with Crippen molar-refractivity contribution in [2.45, 2.75) is 13.3 Å². The summed E-state index contributed by atoms with van der Waals surface area (Å²) < 4.78 is 5.93. The molecule has 0 atom stereocenters. The average Bonchev–Trinajstić information content (AvgIpc) is 3.11. The average molecular weight is 356 g/mol. The van der Waals surface area contributed by atoms with Gasteiger partial charge in [-0.3, -0.25) is 4.79 Å². The zero-order valence-electron chi connectivity index (χ0n) is 13.8. The number of amides is 1. The van der Waals surface area contributed by atoms with E-state index >= 15 is 0 Å². The molecule has 1 heterocycles. The molecule has 0 spiro atoms. The van der Waals surface area contributed by atoms with E-state index in [0.717, 1.165) is 22.6 Å². The molecule has 3 rings (SSSR count). The van der Waals surface area contributed by atoms with Crippen LogP contribution in [-0.4, -0.2) is 22.5 Å². The normalized spacial score (nSPS) is 10.5. The Balaban J connectivity index is 1.65. The van der Waals surface area contributed by atoms with Crippen molar-refractivity contribution in [3.8, 4) is 17.0 Å². The van der Waals surface area contributed by atoms with Gasteiger partial charge in [0.2, 0.25) is 5.91 Å². The van der Waals surface area contributed by atoms with Gasteiger partial charge in [-0.15, -0.1) is 0 Å². The molecule has 2 N–H and O–H groups in total. The van der Waals surface area contributed by atoms with Crippen LogP contribution in [0.15, 0.2) is 55.0 Å². The number of benzene rings is 2. The summed E-state index contributed by atoms with van der Waals surface area (Å²) in [4.78, 5) is 18.3. The molecule has 0 aliphatic carbocycles. The Kier molecular flexibility index (Phi) is 5.36. The van der Waals surface area contributed by atoms with Gasteiger partial charge in [-0.25, -0.2) is 4.98 Å². The first-order valence-corrected chi connectivity index (χ1v) is 8.28. The maximum Gasteiger partial charge on any atom is 0.221 e. The number of anilines is 1. The zero-order valence-corrected chi connectivity index (χ0v) is 14.5. The second-order valence-corrected chi connectivity index (χ2v) is 5.94. The molecule has 1 amide bonds. The highest BCUT2D eigenvalue weighted by atomic mass is 35.5. The Bertz CT molecular complexity index is 863. The molecule has 1 aromatic heterocycles. The van der Waals surface area contributed by atoms with Crippen LogP contribution in [0.3, 0.4) is 0 Å². The molecule has 0 fully saturated rings. The molecular weight excluding hydrogens is 338 g/mol. The Labute approximate surface area is 151 Å². The highest BCUT2D eigenvalue weighted by Gasteiger charge is 2.08. The fourth-order valence-electron chi connectivity index (χ4n) is 2.51. The van der Waals surface area contributed by atoms with E-state index in [1.807, 2.05) is 42.6 Å². The third-order valence-electron chi connectivity index (χ3n) is 3.66. The number of ether oxygens (including phenoxy) is 1. The molecule has 6 heteroatoms. The number of imidazole rings is 1. The maximum atomic E-state index is 11.1. The van der Waals surface area contributed by atoms with Crippen LogP contribution in [0.1, 0.15) is 12.5 Å². The van der Waals surface area contributed by atoms with Crippen molar-refractivity contribution in [1.29, 1.82) is 0 Å². The van der Waals surface area contributed by atoms with Crippen LogP contribution in [0.4, 0.5) is 5.69 Å². The van der Waals surface area contributed by atoms with E-state index in [0.29, 0.717) is 23.7 Å². The first-order valence-electron chi connectivity index (χ1n) is 7.90. The molecule has 2 aromatic carbocycles. The number of carbonyl (C=O) groups excluding carboxylic acids is 1. The number of carbonyl (C=O) groups is 1. The predicted octanol–water partition coefficient (Wildman–Crippen LogP) is 4.31. The van der Waals surface area contributed by atoms with Crippen LogP contribution in [0.2, 0.25) is 5.02 Å². The number of aromatic nitrogens is 2. The molecule has 0 saturated carbocycles. The number of H-pyrrole nitrogens is 1. The van der Waals surface area contributed by atoms with Gasteiger partial charge >= 0.3 is 0 Å². The summed E-state index contributed by atoms with van der Waals surface area (Å²) in [6, 6.07) is 13.3. The minimum absolute atomic E-state index is 0.123. The number of nitrogens with zero attached hydrogens (tertiary/aromatic N) is 1. The minimum atomic E-state index is -0.123. The van der Waals surface area contributed by atoms with Crippen LogP contribution in [0.25, 0.3) is 11.3 Å². The van der Waals surface area contributed by atoms with E-state index in [2.05, 4.69) is 15.3 Å². The first-order chi connectivity index (χ1) is 12.1. The second-order valence-electron chi connectivity index (χ2n) is 5.54. The van der Waals surface area contributed by atoms with Gasteiger partial charge in [-0.05, 0) is 29.8 Å². The molecular formula is C19H18ClN3O2. The molecule has 0 aliphatic heterocycles. The van der Waals surface area contributed by atoms with Crippen LogP contribution in [-0.2, 0) is 11.2 Å². The number of hydrogen-bond donors (Lipinski definition) is 2.